The topological polar surface area (TPSA) is 39.7 Å². The van der Waals surface area contributed by atoms with Crippen LogP contribution in [0.3, 0.4) is 0 Å². The normalized spacial score (nSPS) is 17.2. The van der Waals surface area contributed by atoms with E-state index in [9.17, 15) is 0 Å². The van der Waals surface area contributed by atoms with Crippen molar-refractivity contribution in [2.75, 3.05) is 32.7 Å². The van der Waals surface area contributed by atoms with Crippen LogP contribution in [0.1, 0.15) is 31.4 Å². The summed E-state index contributed by atoms with van der Waals surface area (Å²) in [6, 6.07) is 11.1. The standard InChI is InChI=1S/C18H28N4/c1-3-12-20-18(19-4-2)21-15-17(22-13-8-9-14-22)16-10-6-5-7-11-16/h3,5-7,10-11,17H,1,4,8-9,12-15H2,2H3,(H2,19,20,21). The number of likely N-dealkylation sites (tertiary alicyclic amines) is 1. The number of hydrogen-bond acceptors (Lipinski definition) is 2. The number of hydrogen-bond donors (Lipinski definition) is 2. The zero-order valence-electron chi connectivity index (χ0n) is 13.6. The van der Waals surface area contributed by atoms with E-state index >= 15 is 0 Å². The highest BCUT2D eigenvalue weighted by Gasteiger charge is 2.23. The third kappa shape index (κ3) is 4.88. The number of guanidine groups is 1. The van der Waals surface area contributed by atoms with Gasteiger partial charge >= 0.3 is 0 Å². The van der Waals surface area contributed by atoms with E-state index in [1.165, 1.54) is 31.5 Å². The summed E-state index contributed by atoms with van der Waals surface area (Å²) in [7, 11) is 0. The molecule has 22 heavy (non-hydrogen) atoms. The summed E-state index contributed by atoms with van der Waals surface area (Å²) in [5, 5.41) is 6.56. The number of benzene rings is 1. The molecule has 1 aliphatic rings. The minimum atomic E-state index is 0.364. The first kappa shape index (κ1) is 16.6. The third-order valence-electron chi connectivity index (χ3n) is 3.95. The molecule has 1 heterocycles. The van der Waals surface area contributed by atoms with E-state index < -0.39 is 0 Å². The van der Waals surface area contributed by atoms with Gasteiger partial charge in [-0.15, -0.1) is 6.58 Å². The van der Waals surface area contributed by atoms with Gasteiger partial charge in [0.25, 0.3) is 0 Å². The summed E-state index contributed by atoms with van der Waals surface area (Å²) in [5.74, 6) is 0.863. The highest BCUT2D eigenvalue weighted by molar-refractivity contribution is 5.79. The molecule has 1 fully saturated rings. The molecule has 4 heteroatoms. The Morgan fingerprint density at radius 3 is 2.64 bits per heavy atom. The first-order valence-corrected chi connectivity index (χ1v) is 8.27. The summed E-state index contributed by atoms with van der Waals surface area (Å²) in [4.78, 5) is 7.33. The van der Waals surface area contributed by atoms with Crippen LogP contribution in [0.25, 0.3) is 0 Å². The Morgan fingerprint density at radius 2 is 2.00 bits per heavy atom. The number of aliphatic imine (C=N–C) groups is 1. The predicted octanol–water partition coefficient (Wildman–Crippen LogP) is 2.56. The molecule has 4 nitrogen and oxygen atoms in total. The molecule has 120 valence electrons. The van der Waals surface area contributed by atoms with Crippen molar-refractivity contribution < 1.29 is 0 Å². The van der Waals surface area contributed by atoms with Gasteiger partial charge in [0.15, 0.2) is 5.96 Å². The van der Waals surface area contributed by atoms with Crippen LogP contribution < -0.4 is 10.6 Å². The van der Waals surface area contributed by atoms with Crippen molar-refractivity contribution in [3.63, 3.8) is 0 Å². The Kier molecular flexibility index (Phi) is 6.97. The van der Waals surface area contributed by atoms with Crippen molar-refractivity contribution in [2.45, 2.75) is 25.8 Å². The molecule has 0 amide bonds. The SMILES string of the molecule is C=CCNC(=NCC(c1ccccc1)N1CCCC1)NCC. The lowest BCUT2D eigenvalue weighted by Gasteiger charge is -2.27. The summed E-state index contributed by atoms with van der Waals surface area (Å²) in [5.41, 5.74) is 1.35. The van der Waals surface area contributed by atoms with E-state index in [-0.39, 0.29) is 0 Å². The van der Waals surface area contributed by atoms with Crippen molar-refractivity contribution in [1.29, 1.82) is 0 Å². The Balaban J connectivity index is 2.09. The molecule has 0 spiro atoms. The molecular weight excluding hydrogens is 272 g/mol. The van der Waals surface area contributed by atoms with E-state index in [0.29, 0.717) is 6.04 Å². The second kappa shape index (κ2) is 9.26. The fourth-order valence-corrected chi connectivity index (χ4v) is 2.85. The Bertz CT molecular complexity index is 463. The van der Waals surface area contributed by atoms with Crippen molar-refractivity contribution in [3.05, 3.63) is 48.6 Å². The average Bonchev–Trinajstić information content (AvgIpc) is 3.08. The summed E-state index contributed by atoms with van der Waals surface area (Å²) >= 11 is 0. The molecule has 2 N–H and O–H groups in total. The first-order chi connectivity index (χ1) is 10.8. The second-order valence-corrected chi connectivity index (χ2v) is 5.56. The fraction of sp³-hybridized carbons (Fsp3) is 0.500. The molecule has 0 saturated carbocycles. The highest BCUT2D eigenvalue weighted by Crippen LogP contribution is 2.25. The van der Waals surface area contributed by atoms with Crippen LogP contribution in [0, 0.1) is 0 Å². The smallest absolute Gasteiger partial charge is 0.191 e. The van der Waals surface area contributed by atoms with Crippen molar-refractivity contribution in [2.24, 2.45) is 4.99 Å². The van der Waals surface area contributed by atoms with Gasteiger partial charge in [0, 0.05) is 13.1 Å². The lowest BCUT2D eigenvalue weighted by molar-refractivity contribution is 0.251. The van der Waals surface area contributed by atoms with Crippen molar-refractivity contribution in [1.82, 2.24) is 15.5 Å². The Hall–Kier alpha value is -1.81. The number of nitrogens with one attached hydrogen (secondary N) is 2. The molecule has 1 atom stereocenters. The lowest BCUT2D eigenvalue weighted by Crippen LogP contribution is -2.38. The van der Waals surface area contributed by atoms with Gasteiger partial charge in [0.1, 0.15) is 0 Å². The third-order valence-corrected chi connectivity index (χ3v) is 3.95. The lowest BCUT2D eigenvalue weighted by atomic mass is 10.1. The van der Waals surface area contributed by atoms with E-state index in [4.69, 9.17) is 4.99 Å². The van der Waals surface area contributed by atoms with Crippen LogP contribution >= 0.6 is 0 Å². The molecule has 1 aliphatic heterocycles. The minimum Gasteiger partial charge on any atom is -0.357 e. The van der Waals surface area contributed by atoms with Crippen LogP contribution in [0.15, 0.2) is 48.0 Å². The zero-order chi connectivity index (χ0) is 15.6. The van der Waals surface area contributed by atoms with Gasteiger partial charge in [0.2, 0.25) is 0 Å². The van der Waals surface area contributed by atoms with Gasteiger partial charge in [0.05, 0.1) is 12.6 Å². The zero-order valence-corrected chi connectivity index (χ0v) is 13.6. The molecule has 0 bridgehead atoms. The van der Waals surface area contributed by atoms with E-state index in [0.717, 1.165) is 25.6 Å². The maximum Gasteiger partial charge on any atom is 0.191 e. The molecular formula is C18H28N4. The Morgan fingerprint density at radius 1 is 1.27 bits per heavy atom. The first-order valence-electron chi connectivity index (χ1n) is 8.27. The number of rotatable bonds is 7. The molecule has 1 aromatic carbocycles. The highest BCUT2D eigenvalue weighted by atomic mass is 15.2. The Labute approximate surface area is 134 Å². The number of nitrogens with zero attached hydrogens (tertiary/aromatic N) is 2. The minimum absolute atomic E-state index is 0.364. The van der Waals surface area contributed by atoms with Gasteiger partial charge in [-0.05, 0) is 38.4 Å². The maximum absolute atomic E-state index is 4.78. The van der Waals surface area contributed by atoms with E-state index in [2.05, 4.69) is 59.4 Å². The molecule has 2 rings (SSSR count). The van der Waals surface area contributed by atoms with Crippen LogP contribution in [0.2, 0.25) is 0 Å². The molecule has 0 aromatic heterocycles. The van der Waals surface area contributed by atoms with Gasteiger partial charge in [-0.3, -0.25) is 9.89 Å². The summed E-state index contributed by atoms with van der Waals surface area (Å²) < 4.78 is 0. The maximum atomic E-state index is 4.78. The van der Waals surface area contributed by atoms with Crippen LogP contribution in [0.5, 0.6) is 0 Å². The molecule has 0 aliphatic carbocycles. The van der Waals surface area contributed by atoms with Crippen LogP contribution in [-0.4, -0.2) is 43.6 Å². The second-order valence-electron chi connectivity index (χ2n) is 5.56. The fourth-order valence-electron chi connectivity index (χ4n) is 2.85. The van der Waals surface area contributed by atoms with Crippen molar-refractivity contribution in [3.8, 4) is 0 Å². The summed E-state index contributed by atoms with van der Waals surface area (Å²) in [6.07, 6.45) is 4.44. The van der Waals surface area contributed by atoms with Gasteiger partial charge in [-0.25, -0.2) is 0 Å². The average molecular weight is 300 g/mol. The van der Waals surface area contributed by atoms with E-state index in [1.54, 1.807) is 0 Å². The summed E-state index contributed by atoms with van der Waals surface area (Å²) in [6.45, 7) is 10.5. The van der Waals surface area contributed by atoms with Gasteiger partial charge in [-0.1, -0.05) is 36.4 Å². The molecule has 0 radical (unpaired) electrons. The largest absolute Gasteiger partial charge is 0.357 e. The van der Waals surface area contributed by atoms with Gasteiger partial charge < -0.3 is 10.6 Å². The van der Waals surface area contributed by atoms with E-state index in [1.807, 2.05) is 6.08 Å². The molecule has 1 saturated heterocycles. The van der Waals surface area contributed by atoms with Crippen LogP contribution in [0.4, 0.5) is 0 Å². The van der Waals surface area contributed by atoms with Crippen LogP contribution in [-0.2, 0) is 0 Å². The van der Waals surface area contributed by atoms with Gasteiger partial charge in [-0.2, -0.15) is 0 Å². The monoisotopic (exact) mass is 300 g/mol. The predicted molar refractivity (Wildman–Crippen MR) is 94.2 cm³/mol. The quantitative estimate of drug-likeness (QED) is 0.462. The van der Waals surface area contributed by atoms with Crippen molar-refractivity contribution >= 4 is 5.96 Å². The molecule has 1 aromatic rings. The molecule has 1 unspecified atom stereocenters.